The summed E-state index contributed by atoms with van der Waals surface area (Å²) < 4.78 is 7.19. The second-order valence-corrected chi connectivity index (χ2v) is 8.62. The van der Waals surface area contributed by atoms with Gasteiger partial charge in [0.15, 0.2) is 0 Å². The minimum Gasteiger partial charge on any atom is -0.465 e. The number of rotatable bonds is 4. The van der Waals surface area contributed by atoms with E-state index in [9.17, 15) is 9.59 Å². The van der Waals surface area contributed by atoms with E-state index in [2.05, 4.69) is 41.5 Å². The third-order valence-electron chi connectivity index (χ3n) is 5.58. The lowest BCUT2D eigenvalue weighted by atomic mass is 10.0. The molecule has 1 N–H and O–H groups in total. The van der Waals surface area contributed by atoms with Gasteiger partial charge in [-0.2, -0.15) is 0 Å². The summed E-state index contributed by atoms with van der Waals surface area (Å²) in [6, 6.07) is 12.2. The van der Waals surface area contributed by atoms with Crippen molar-refractivity contribution in [2.75, 3.05) is 32.6 Å². The number of aromatic nitrogens is 1. The maximum Gasteiger partial charge on any atom is 0.339 e. The molecule has 0 spiro atoms. The second kappa shape index (κ2) is 8.00. The number of ether oxygens (including phenoxy) is 1. The Balaban J connectivity index is 1.62. The molecule has 1 fully saturated rings. The van der Waals surface area contributed by atoms with Crippen molar-refractivity contribution in [3.05, 3.63) is 52.3 Å². The predicted octanol–water partition coefficient (Wildman–Crippen LogP) is 3.56. The van der Waals surface area contributed by atoms with Gasteiger partial charge in [-0.05, 0) is 56.7 Å². The molecule has 1 saturated heterocycles. The van der Waals surface area contributed by atoms with Crippen molar-refractivity contribution in [1.29, 1.82) is 0 Å². The molecule has 7 heteroatoms. The Bertz CT molecular complexity index is 1090. The lowest BCUT2D eigenvalue weighted by molar-refractivity contribution is 0.0603. The predicted molar refractivity (Wildman–Crippen MR) is 118 cm³/mol. The van der Waals surface area contributed by atoms with Gasteiger partial charge in [-0.15, -0.1) is 11.3 Å². The molecule has 0 aliphatic carbocycles. The van der Waals surface area contributed by atoms with Gasteiger partial charge in [0.2, 0.25) is 0 Å². The summed E-state index contributed by atoms with van der Waals surface area (Å²) in [7, 11) is 5.21. The fourth-order valence-electron chi connectivity index (χ4n) is 3.75. The highest BCUT2D eigenvalue weighted by atomic mass is 32.1. The SMILES string of the molecule is COC(=O)c1cc(=O)n(C)c2cc(-c3ccc(NC4CCN(C)CC4)cc3)sc12. The lowest BCUT2D eigenvalue weighted by Crippen LogP contribution is -2.36. The van der Waals surface area contributed by atoms with Gasteiger partial charge < -0.3 is 19.5 Å². The monoisotopic (exact) mass is 411 g/mol. The standard InChI is InChI=1S/C22H25N3O3S/c1-24-10-8-16(9-11-24)23-15-6-4-14(5-7-15)19-13-18-21(29-19)17(22(27)28-3)12-20(26)25(18)2/h4-7,12-13,16,23H,8-11H2,1-3H3. The maximum absolute atomic E-state index is 12.2. The molecule has 0 saturated carbocycles. The molecule has 3 heterocycles. The minimum atomic E-state index is -0.487. The van der Waals surface area contributed by atoms with Gasteiger partial charge in [0.05, 0.1) is 22.9 Å². The Hall–Kier alpha value is -2.64. The van der Waals surface area contributed by atoms with Crippen LogP contribution in [-0.2, 0) is 11.8 Å². The van der Waals surface area contributed by atoms with Crippen LogP contribution in [-0.4, -0.2) is 48.7 Å². The number of benzene rings is 1. The van der Waals surface area contributed by atoms with Crippen molar-refractivity contribution in [3.63, 3.8) is 0 Å². The van der Waals surface area contributed by atoms with Crippen LogP contribution < -0.4 is 10.9 Å². The first-order chi connectivity index (χ1) is 14.0. The summed E-state index contributed by atoms with van der Waals surface area (Å²) in [4.78, 5) is 27.7. The number of carbonyl (C=O) groups excluding carboxylic acids is 1. The third kappa shape index (κ3) is 3.93. The van der Waals surface area contributed by atoms with Crippen LogP contribution in [0.25, 0.3) is 20.7 Å². The molecule has 0 radical (unpaired) electrons. The number of carbonyl (C=O) groups is 1. The second-order valence-electron chi connectivity index (χ2n) is 7.57. The number of methoxy groups -OCH3 is 1. The van der Waals surface area contributed by atoms with Crippen molar-refractivity contribution in [2.45, 2.75) is 18.9 Å². The fraction of sp³-hybridized carbons (Fsp3) is 0.364. The van der Waals surface area contributed by atoms with Gasteiger partial charge in [0.25, 0.3) is 5.56 Å². The maximum atomic E-state index is 12.2. The van der Waals surface area contributed by atoms with Crippen LogP contribution in [0.3, 0.4) is 0 Å². The molecule has 0 bridgehead atoms. The lowest BCUT2D eigenvalue weighted by Gasteiger charge is -2.30. The number of nitrogens with one attached hydrogen (secondary N) is 1. The molecule has 3 aromatic rings. The topological polar surface area (TPSA) is 63.6 Å². The molecule has 1 aliphatic heterocycles. The number of hydrogen-bond donors (Lipinski definition) is 1. The molecule has 0 unspecified atom stereocenters. The van der Waals surface area contributed by atoms with Crippen LogP contribution >= 0.6 is 11.3 Å². The average Bonchev–Trinajstić information content (AvgIpc) is 3.18. The summed E-state index contributed by atoms with van der Waals surface area (Å²) in [6.07, 6.45) is 2.30. The zero-order valence-corrected chi connectivity index (χ0v) is 17.7. The van der Waals surface area contributed by atoms with Gasteiger partial charge in [0, 0.05) is 29.7 Å². The highest BCUT2D eigenvalue weighted by Gasteiger charge is 2.18. The normalized spacial score (nSPS) is 15.6. The summed E-state index contributed by atoms with van der Waals surface area (Å²) in [5, 5.41) is 3.63. The zero-order chi connectivity index (χ0) is 20.5. The van der Waals surface area contributed by atoms with E-state index in [1.165, 1.54) is 24.5 Å². The quantitative estimate of drug-likeness (QED) is 0.665. The smallest absolute Gasteiger partial charge is 0.339 e. The van der Waals surface area contributed by atoms with Crippen molar-refractivity contribution in [2.24, 2.45) is 7.05 Å². The Morgan fingerprint density at radius 1 is 1.14 bits per heavy atom. The summed E-state index contributed by atoms with van der Waals surface area (Å²) in [6.45, 7) is 2.25. The number of aryl methyl sites for hydroxylation is 1. The first kappa shape index (κ1) is 19.7. The summed E-state index contributed by atoms with van der Waals surface area (Å²) in [5.74, 6) is -0.487. The molecule has 0 atom stereocenters. The Morgan fingerprint density at radius 3 is 2.48 bits per heavy atom. The molecule has 152 valence electrons. The van der Waals surface area contributed by atoms with E-state index in [0.717, 1.165) is 52.3 Å². The number of piperidine rings is 1. The molecule has 29 heavy (non-hydrogen) atoms. The Kier molecular flexibility index (Phi) is 5.43. The molecule has 2 aromatic heterocycles. The number of anilines is 1. The van der Waals surface area contributed by atoms with Gasteiger partial charge in [-0.3, -0.25) is 4.79 Å². The summed E-state index contributed by atoms with van der Waals surface area (Å²) in [5.41, 5.74) is 3.02. The average molecular weight is 412 g/mol. The highest BCUT2D eigenvalue weighted by Crippen LogP contribution is 2.35. The van der Waals surface area contributed by atoms with E-state index in [4.69, 9.17) is 4.74 Å². The molecule has 0 amide bonds. The van der Waals surface area contributed by atoms with Gasteiger partial charge in [0.1, 0.15) is 0 Å². The van der Waals surface area contributed by atoms with E-state index in [0.29, 0.717) is 11.6 Å². The Labute approximate surface area is 173 Å². The molecule has 1 aromatic carbocycles. The van der Waals surface area contributed by atoms with Crippen LogP contribution in [0, 0.1) is 0 Å². The summed E-state index contributed by atoms with van der Waals surface area (Å²) >= 11 is 1.50. The molecule has 4 rings (SSSR count). The highest BCUT2D eigenvalue weighted by molar-refractivity contribution is 7.22. The van der Waals surface area contributed by atoms with Crippen molar-refractivity contribution >= 4 is 33.2 Å². The third-order valence-corrected chi connectivity index (χ3v) is 6.79. The van der Waals surface area contributed by atoms with Gasteiger partial charge in [-0.1, -0.05) is 12.1 Å². The number of hydrogen-bond acceptors (Lipinski definition) is 6. The number of likely N-dealkylation sites (tertiary alicyclic amines) is 1. The van der Waals surface area contributed by atoms with Gasteiger partial charge in [-0.25, -0.2) is 4.79 Å². The number of esters is 1. The van der Waals surface area contributed by atoms with Crippen molar-refractivity contribution < 1.29 is 9.53 Å². The van der Waals surface area contributed by atoms with Crippen LogP contribution in [0.2, 0.25) is 0 Å². The number of thiophene rings is 1. The van der Waals surface area contributed by atoms with E-state index < -0.39 is 5.97 Å². The number of pyridine rings is 1. The molecule has 6 nitrogen and oxygen atoms in total. The Morgan fingerprint density at radius 2 is 1.83 bits per heavy atom. The fourth-order valence-corrected chi connectivity index (χ4v) is 4.95. The molecular formula is C22H25N3O3S. The van der Waals surface area contributed by atoms with Crippen LogP contribution in [0.5, 0.6) is 0 Å². The van der Waals surface area contributed by atoms with E-state index in [1.54, 1.807) is 11.6 Å². The van der Waals surface area contributed by atoms with Crippen molar-refractivity contribution in [3.8, 4) is 10.4 Å². The first-order valence-corrected chi connectivity index (χ1v) is 10.6. The largest absolute Gasteiger partial charge is 0.465 e. The van der Waals surface area contributed by atoms with E-state index in [-0.39, 0.29) is 5.56 Å². The van der Waals surface area contributed by atoms with Crippen LogP contribution in [0.15, 0.2) is 41.2 Å². The number of nitrogens with zero attached hydrogens (tertiary/aromatic N) is 2. The molecular weight excluding hydrogens is 386 g/mol. The van der Waals surface area contributed by atoms with E-state index >= 15 is 0 Å². The van der Waals surface area contributed by atoms with Gasteiger partial charge >= 0.3 is 5.97 Å². The minimum absolute atomic E-state index is 0.222. The zero-order valence-electron chi connectivity index (χ0n) is 16.9. The number of fused-ring (bicyclic) bond motifs is 1. The first-order valence-electron chi connectivity index (χ1n) is 9.73. The van der Waals surface area contributed by atoms with Crippen LogP contribution in [0.4, 0.5) is 5.69 Å². The molecule has 1 aliphatic rings. The van der Waals surface area contributed by atoms with Crippen LogP contribution in [0.1, 0.15) is 23.2 Å². The van der Waals surface area contributed by atoms with E-state index in [1.807, 2.05) is 6.07 Å². The van der Waals surface area contributed by atoms with Crippen molar-refractivity contribution in [1.82, 2.24) is 9.47 Å².